The zero-order valence-corrected chi connectivity index (χ0v) is 25.1. The number of ether oxygens (including phenoxy) is 4. The summed E-state index contributed by atoms with van der Waals surface area (Å²) in [6.07, 6.45) is 0.908. The van der Waals surface area contributed by atoms with Crippen LogP contribution >= 0.6 is 0 Å². The molecule has 0 aromatic heterocycles. The average Bonchev–Trinajstić information content (AvgIpc) is 2.98. The van der Waals surface area contributed by atoms with E-state index in [2.05, 4.69) is 47.4 Å². The van der Waals surface area contributed by atoms with Crippen molar-refractivity contribution in [2.75, 3.05) is 52.5 Å². The Labute approximate surface area is 249 Å². The Kier molecular flexibility index (Phi) is 10.3. The van der Waals surface area contributed by atoms with Gasteiger partial charge in [-0.15, -0.1) is 5.06 Å². The van der Waals surface area contributed by atoms with E-state index < -0.39 is 11.8 Å². The number of morpholine rings is 1. The third-order valence-electron chi connectivity index (χ3n) is 7.69. The first-order valence-electron chi connectivity index (χ1n) is 15.1. The van der Waals surface area contributed by atoms with Crippen LogP contribution in [0.4, 0.5) is 4.79 Å². The monoisotopic (exact) mass is 576 g/mol. The first-order valence-corrected chi connectivity index (χ1v) is 15.1. The summed E-state index contributed by atoms with van der Waals surface area (Å²) in [7, 11) is 0. The van der Waals surface area contributed by atoms with Crippen LogP contribution in [0.3, 0.4) is 0 Å². The third-order valence-corrected chi connectivity index (χ3v) is 7.69. The Morgan fingerprint density at radius 3 is 2.48 bits per heavy atom. The normalized spacial score (nSPS) is 20.4. The minimum Gasteiger partial charge on any atom is -0.494 e. The van der Waals surface area contributed by atoms with Gasteiger partial charge in [0.2, 0.25) is 0 Å². The molecule has 226 valence electrons. The predicted molar refractivity (Wildman–Crippen MR) is 163 cm³/mol. The van der Waals surface area contributed by atoms with Gasteiger partial charge in [0.15, 0.2) is 0 Å². The highest BCUT2D eigenvalue weighted by molar-refractivity contribution is 5.82. The molecule has 42 heavy (non-hydrogen) atoms. The van der Waals surface area contributed by atoms with Crippen LogP contribution in [0, 0.1) is 0 Å². The maximum atomic E-state index is 12.4. The summed E-state index contributed by atoms with van der Waals surface area (Å²) >= 11 is 0. The van der Waals surface area contributed by atoms with Crippen LogP contribution in [0.2, 0.25) is 0 Å². The van der Waals surface area contributed by atoms with Crippen molar-refractivity contribution in [3.8, 4) is 5.75 Å². The lowest BCUT2D eigenvalue weighted by molar-refractivity contribution is -0.179. The lowest BCUT2D eigenvalue weighted by Crippen LogP contribution is -2.45. The first kappa shape index (κ1) is 30.3. The number of rotatable bonds is 10. The molecule has 0 bridgehead atoms. The topological polar surface area (TPSA) is 69.7 Å². The van der Waals surface area contributed by atoms with Crippen LogP contribution in [0.25, 0.3) is 10.8 Å². The number of carbonyl (C=O) groups excluding carboxylic acids is 1. The lowest BCUT2D eigenvalue weighted by Gasteiger charge is -2.37. The Balaban J connectivity index is 1.20. The smallest absolute Gasteiger partial charge is 0.494 e. The van der Waals surface area contributed by atoms with Crippen molar-refractivity contribution < 1.29 is 28.6 Å². The first-order chi connectivity index (χ1) is 20.3. The van der Waals surface area contributed by atoms with Gasteiger partial charge in [0, 0.05) is 32.1 Å². The average molecular weight is 577 g/mol. The van der Waals surface area contributed by atoms with Crippen LogP contribution in [-0.4, -0.2) is 80.4 Å². The van der Waals surface area contributed by atoms with E-state index in [0.717, 1.165) is 57.0 Å². The predicted octanol–water partition coefficient (Wildman–Crippen LogP) is 6.18. The molecule has 8 nitrogen and oxygen atoms in total. The second kappa shape index (κ2) is 14.3. The number of carbonyl (C=O) groups is 1. The molecule has 2 heterocycles. The van der Waals surface area contributed by atoms with Crippen molar-refractivity contribution in [2.45, 2.75) is 57.8 Å². The van der Waals surface area contributed by atoms with Gasteiger partial charge in [-0.2, -0.15) is 0 Å². The third kappa shape index (κ3) is 8.91. The van der Waals surface area contributed by atoms with E-state index in [4.69, 9.17) is 23.8 Å². The highest BCUT2D eigenvalue weighted by Crippen LogP contribution is 2.33. The fraction of sp³-hybridized carbons (Fsp3) is 0.500. The molecule has 0 radical (unpaired) electrons. The standard InChI is InChI=1S/C34H44N2O6/c1-34(2,3)41-33(37)42-36-17-15-31(32(24-36)40-25-26-9-10-27-7-4-5-8-29(27)23-26)28-11-13-30(14-12-28)39-20-6-16-35-18-21-38-22-19-35/h4-5,7-14,23,31-32H,6,15-22,24-25H2,1-3H3. The van der Waals surface area contributed by atoms with Gasteiger partial charge in [-0.1, -0.05) is 48.5 Å². The van der Waals surface area contributed by atoms with Crippen molar-refractivity contribution >= 4 is 16.9 Å². The van der Waals surface area contributed by atoms with Crippen molar-refractivity contribution in [1.82, 2.24) is 9.96 Å². The lowest BCUT2D eigenvalue weighted by atomic mass is 9.87. The van der Waals surface area contributed by atoms with E-state index >= 15 is 0 Å². The minimum absolute atomic E-state index is 0.152. The fourth-order valence-electron chi connectivity index (χ4n) is 5.54. The van der Waals surface area contributed by atoms with E-state index in [9.17, 15) is 4.79 Å². The molecule has 2 unspecified atom stereocenters. The van der Waals surface area contributed by atoms with Gasteiger partial charge in [0.1, 0.15) is 11.4 Å². The van der Waals surface area contributed by atoms with Crippen molar-refractivity contribution in [1.29, 1.82) is 0 Å². The largest absolute Gasteiger partial charge is 0.528 e. The number of nitrogens with zero attached hydrogens (tertiary/aromatic N) is 2. The number of piperidine rings is 1. The summed E-state index contributed by atoms with van der Waals surface area (Å²) < 4.78 is 23.4. The van der Waals surface area contributed by atoms with Gasteiger partial charge in [0.25, 0.3) is 0 Å². The molecule has 0 saturated carbocycles. The van der Waals surface area contributed by atoms with Gasteiger partial charge in [-0.3, -0.25) is 4.90 Å². The molecule has 2 saturated heterocycles. The molecule has 2 atom stereocenters. The van der Waals surface area contributed by atoms with E-state index in [1.807, 2.05) is 45.0 Å². The summed E-state index contributed by atoms with van der Waals surface area (Å²) in [6, 6.07) is 23.1. The second-order valence-electron chi connectivity index (χ2n) is 12.1. The Morgan fingerprint density at radius 1 is 0.952 bits per heavy atom. The summed E-state index contributed by atoms with van der Waals surface area (Å²) in [6.45, 7) is 12.4. The molecule has 8 heteroatoms. The van der Waals surface area contributed by atoms with Gasteiger partial charge in [-0.05, 0) is 73.7 Å². The van der Waals surface area contributed by atoms with Gasteiger partial charge in [-0.25, -0.2) is 4.79 Å². The molecule has 2 aliphatic heterocycles. The molecule has 0 amide bonds. The van der Waals surface area contributed by atoms with Crippen molar-refractivity contribution in [3.05, 3.63) is 77.9 Å². The molecule has 0 N–H and O–H groups in total. The Bertz CT molecular complexity index is 1290. The molecule has 0 spiro atoms. The molecule has 3 aromatic carbocycles. The number of hydroxylamine groups is 2. The summed E-state index contributed by atoms with van der Waals surface area (Å²) in [5.74, 6) is 1.03. The number of hydrogen-bond acceptors (Lipinski definition) is 8. The fourth-order valence-corrected chi connectivity index (χ4v) is 5.54. The minimum atomic E-state index is -0.690. The molecule has 2 aliphatic rings. The maximum absolute atomic E-state index is 12.4. The molecular weight excluding hydrogens is 532 g/mol. The van der Waals surface area contributed by atoms with Gasteiger partial charge in [0.05, 0.1) is 39.1 Å². The van der Waals surface area contributed by atoms with Crippen LogP contribution in [0.5, 0.6) is 5.75 Å². The van der Waals surface area contributed by atoms with Crippen LogP contribution < -0.4 is 4.74 Å². The second-order valence-corrected chi connectivity index (χ2v) is 12.1. The molecular formula is C34H44N2O6. The van der Waals surface area contributed by atoms with Gasteiger partial charge < -0.3 is 23.8 Å². The summed E-state index contributed by atoms with van der Waals surface area (Å²) in [4.78, 5) is 20.4. The van der Waals surface area contributed by atoms with Crippen LogP contribution in [0.15, 0.2) is 66.7 Å². The number of hydrogen-bond donors (Lipinski definition) is 0. The van der Waals surface area contributed by atoms with E-state index in [-0.39, 0.29) is 12.0 Å². The zero-order valence-electron chi connectivity index (χ0n) is 25.1. The Morgan fingerprint density at radius 2 is 1.71 bits per heavy atom. The van der Waals surface area contributed by atoms with E-state index in [1.165, 1.54) is 16.3 Å². The van der Waals surface area contributed by atoms with Gasteiger partial charge >= 0.3 is 6.16 Å². The number of fused-ring (bicyclic) bond motifs is 1. The van der Waals surface area contributed by atoms with Crippen molar-refractivity contribution in [3.63, 3.8) is 0 Å². The summed E-state index contributed by atoms with van der Waals surface area (Å²) in [5.41, 5.74) is 1.68. The highest BCUT2D eigenvalue weighted by Gasteiger charge is 2.34. The SMILES string of the molecule is CC(C)(C)OC(=O)ON1CCC(c2ccc(OCCCN3CCOCC3)cc2)C(OCc2ccc3ccccc3c2)C1. The molecule has 3 aromatic rings. The number of benzene rings is 3. The van der Waals surface area contributed by atoms with Crippen LogP contribution in [-0.2, 0) is 25.7 Å². The zero-order chi connectivity index (χ0) is 29.4. The Hall–Kier alpha value is -3.17. The molecule has 0 aliphatic carbocycles. The molecule has 5 rings (SSSR count). The van der Waals surface area contributed by atoms with Crippen molar-refractivity contribution in [2.24, 2.45) is 0 Å². The summed E-state index contributed by atoms with van der Waals surface area (Å²) in [5, 5.41) is 4.06. The highest BCUT2D eigenvalue weighted by atomic mass is 16.8. The molecule has 2 fully saturated rings. The van der Waals surface area contributed by atoms with E-state index in [0.29, 0.717) is 26.3 Å². The van der Waals surface area contributed by atoms with E-state index in [1.54, 1.807) is 5.06 Å². The quantitative estimate of drug-likeness (QED) is 0.209. The maximum Gasteiger partial charge on any atom is 0.528 e. The van der Waals surface area contributed by atoms with Crippen LogP contribution in [0.1, 0.15) is 50.7 Å².